The minimum Gasteiger partial charge on any atom is -0.497 e. The van der Waals surface area contributed by atoms with E-state index in [1.165, 1.54) is 0 Å². The average molecular weight is 438 g/mol. The summed E-state index contributed by atoms with van der Waals surface area (Å²) in [7, 11) is 1.64. The van der Waals surface area contributed by atoms with Crippen LogP contribution < -0.4 is 10.1 Å². The highest BCUT2D eigenvalue weighted by molar-refractivity contribution is 9.10. The van der Waals surface area contributed by atoms with Crippen LogP contribution in [0.4, 0.5) is 5.69 Å². The first-order valence-electron chi connectivity index (χ1n) is 8.98. The molecule has 0 spiro atoms. The number of carbonyl (C=O) groups is 1. The Balaban J connectivity index is 1.67. The largest absolute Gasteiger partial charge is 0.497 e. The van der Waals surface area contributed by atoms with Crippen LogP contribution in [0, 0.1) is 6.92 Å². The lowest BCUT2D eigenvalue weighted by Gasteiger charge is -2.27. The minimum atomic E-state index is -0.343. The van der Waals surface area contributed by atoms with Crippen LogP contribution >= 0.6 is 15.9 Å². The number of rotatable bonds is 5. The van der Waals surface area contributed by atoms with Crippen LogP contribution in [0.3, 0.4) is 0 Å². The standard InChI is InChI=1S/C22H20BrN3O2/c1-14-5-10-19(18(23)12-14)25-21-20-17(4-3-11-24-20)22(27)26(21)13-15-6-8-16(28-2)9-7-15/h3-12,21,25H,13H2,1-2H3. The van der Waals surface area contributed by atoms with Crippen molar-refractivity contribution >= 4 is 27.5 Å². The maximum absolute atomic E-state index is 13.1. The molecule has 1 N–H and O–H groups in total. The molecule has 1 unspecified atom stereocenters. The number of halogens is 1. The molecule has 5 nitrogen and oxygen atoms in total. The molecule has 0 saturated carbocycles. The second kappa shape index (κ2) is 7.64. The molecule has 142 valence electrons. The lowest BCUT2D eigenvalue weighted by atomic mass is 10.2. The number of benzene rings is 2. The van der Waals surface area contributed by atoms with Crippen LogP contribution in [0.5, 0.6) is 5.75 Å². The van der Waals surface area contributed by atoms with E-state index < -0.39 is 0 Å². The zero-order valence-corrected chi connectivity index (χ0v) is 17.2. The van der Waals surface area contributed by atoms with Gasteiger partial charge in [0.1, 0.15) is 11.9 Å². The number of nitrogens with zero attached hydrogens (tertiary/aromatic N) is 2. The fraction of sp³-hybridized carbons (Fsp3) is 0.182. The summed E-state index contributed by atoms with van der Waals surface area (Å²) in [6.45, 7) is 2.51. The van der Waals surface area contributed by atoms with Crippen LogP contribution in [0.2, 0.25) is 0 Å². The van der Waals surface area contributed by atoms with Gasteiger partial charge < -0.3 is 15.0 Å². The van der Waals surface area contributed by atoms with E-state index in [1.807, 2.05) is 60.4 Å². The fourth-order valence-corrected chi connectivity index (χ4v) is 3.97. The molecular weight excluding hydrogens is 418 g/mol. The Morgan fingerprint density at radius 3 is 2.68 bits per heavy atom. The number of hydrogen-bond acceptors (Lipinski definition) is 4. The third-order valence-corrected chi connectivity index (χ3v) is 5.49. The first kappa shape index (κ1) is 18.5. The molecule has 4 rings (SSSR count). The van der Waals surface area contributed by atoms with Crippen molar-refractivity contribution < 1.29 is 9.53 Å². The van der Waals surface area contributed by atoms with Crippen molar-refractivity contribution in [1.82, 2.24) is 9.88 Å². The monoisotopic (exact) mass is 437 g/mol. The van der Waals surface area contributed by atoms with E-state index in [-0.39, 0.29) is 12.1 Å². The summed E-state index contributed by atoms with van der Waals surface area (Å²) < 4.78 is 6.18. The van der Waals surface area contributed by atoms with Crippen molar-refractivity contribution in [2.75, 3.05) is 12.4 Å². The van der Waals surface area contributed by atoms with Crippen molar-refractivity contribution in [3.05, 3.63) is 87.7 Å². The third kappa shape index (κ3) is 3.47. The summed E-state index contributed by atoms with van der Waals surface area (Å²) in [6, 6.07) is 17.5. The summed E-state index contributed by atoms with van der Waals surface area (Å²) in [6.07, 6.45) is 1.38. The van der Waals surface area contributed by atoms with E-state index in [9.17, 15) is 4.79 Å². The zero-order valence-electron chi connectivity index (χ0n) is 15.6. The molecule has 0 aliphatic carbocycles. The number of carbonyl (C=O) groups excluding carboxylic acids is 1. The van der Waals surface area contributed by atoms with Crippen LogP contribution in [-0.2, 0) is 6.54 Å². The Hall–Kier alpha value is -2.86. The summed E-state index contributed by atoms with van der Waals surface area (Å²) in [5.74, 6) is 0.763. The van der Waals surface area contributed by atoms with Crippen molar-refractivity contribution in [3.63, 3.8) is 0 Å². The second-order valence-electron chi connectivity index (χ2n) is 6.75. The summed E-state index contributed by atoms with van der Waals surface area (Å²) in [5, 5.41) is 3.49. The number of aryl methyl sites for hydroxylation is 1. The smallest absolute Gasteiger partial charge is 0.258 e. The van der Waals surface area contributed by atoms with Gasteiger partial charge >= 0.3 is 0 Å². The van der Waals surface area contributed by atoms with Crippen molar-refractivity contribution in [1.29, 1.82) is 0 Å². The number of anilines is 1. The number of aromatic nitrogens is 1. The number of methoxy groups -OCH3 is 1. The van der Waals surface area contributed by atoms with Gasteiger partial charge in [-0.1, -0.05) is 18.2 Å². The molecule has 1 amide bonds. The van der Waals surface area contributed by atoms with Crippen LogP contribution in [0.25, 0.3) is 0 Å². The Morgan fingerprint density at radius 2 is 1.96 bits per heavy atom. The van der Waals surface area contributed by atoms with Crippen molar-refractivity contribution in [2.45, 2.75) is 19.6 Å². The number of nitrogens with one attached hydrogen (secondary N) is 1. The Kier molecular flexibility index (Phi) is 5.05. The number of ether oxygens (including phenoxy) is 1. The molecule has 0 bridgehead atoms. The Bertz CT molecular complexity index is 1020. The van der Waals surface area contributed by atoms with Gasteiger partial charge in [0.25, 0.3) is 5.91 Å². The molecule has 2 heterocycles. The Labute approximate surface area is 172 Å². The van der Waals surface area contributed by atoms with Gasteiger partial charge in [0.05, 0.1) is 24.1 Å². The van der Waals surface area contributed by atoms with Crippen LogP contribution in [-0.4, -0.2) is 22.9 Å². The highest BCUT2D eigenvalue weighted by Gasteiger charge is 2.38. The van der Waals surface area contributed by atoms with E-state index in [0.717, 1.165) is 32.7 Å². The lowest BCUT2D eigenvalue weighted by molar-refractivity contribution is 0.0727. The number of hydrogen-bond donors (Lipinski definition) is 1. The minimum absolute atomic E-state index is 0.0281. The van der Waals surface area contributed by atoms with E-state index in [0.29, 0.717) is 12.1 Å². The van der Waals surface area contributed by atoms with Crippen molar-refractivity contribution in [2.24, 2.45) is 0 Å². The molecule has 1 aliphatic rings. The molecule has 0 saturated heterocycles. The SMILES string of the molecule is COc1ccc(CN2C(=O)c3cccnc3C2Nc2ccc(C)cc2Br)cc1. The summed E-state index contributed by atoms with van der Waals surface area (Å²) in [4.78, 5) is 19.4. The summed E-state index contributed by atoms with van der Waals surface area (Å²) >= 11 is 3.61. The van der Waals surface area contributed by atoms with Gasteiger partial charge in [-0.15, -0.1) is 0 Å². The third-order valence-electron chi connectivity index (χ3n) is 4.83. The van der Waals surface area contributed by atoms with E-state index in [4.69, 9.17) is 4.74 Å². The highest BCUT2D eigenvalue weighted by Crippen LogP contribution is 2.36. The van der Waals surface area contributed by atoms with Gasteiger partial charge in [0, 0.05) is 17.2 Å². The predicted octanol–water partition coefficient (Wildman–Crippen LogP) is 4.93. The van der Waals surface area contributed by atoms with Crippen LogP contribution in [0.1, 0.15) is 33.3 Å². The molecule has 3 aromatic rings. The van der Waals surface area contributed by atoms with Gasteiger partial charge in [-0.3, -0.25) is 9.78 Å². The first-order valence-corrected chi connectivity index (χ1v) is 9.77. The highest BCUT2D eigenvalue weighted by atomic mass is 79.9. The Morgan fingerprint density at radius 1 is 1.18 bits per heavy atom. The molecular formula is C22H20BrN3O2. The summed E-state index contributed by atoms with van der Waals surface area (Å²) in [5.41, 5.74) is 4.48. The van der Waals surface area contributed by atoms with E-state index in [2.05, 4.69) is 26.2 Å². The van der Waals surface area contributed by atoms with E-state index in [1.54, 1.807) is 19.4 Å². The molecule has 0 fully saturated rings. The topological polar surface area (TPSA) is 54.5 Å². The van der Waals surface area contributed by atoms with E-state index >= 15 is 0 Å². The van der Waals surface area contributed by atoms with Gasteiger partial charge in [-0.2, -0.15) is 0 Å². The predicted molar refractivity (Wildman–Crippen MR) is 112 cm³/mol. The number of fused-ring (bicyclic) bond motifs is 1. The average Bonchev–Trinajstić information content (AvgIpc) is 2.96. The van der Waals surface area contributed by atoms with Crippen LogP contribution in [0.15, 0.2) is 65.3 Å². The van der Waals surface area contributed by atoms with Gasteiger partial charge in [0.2, 0.25) is 0 Å². The second-order valence-corrected chi connectivity index (χ2v) is 7.60. The number of pyridine rings is 1. The fourth-order valence-electron chi connectivity index (χ4n) is 3.36. The molecule has 28 heavy (non-hydrogen) atoms. The van der Waals surface area contributed by atoms with Gasteiger partial charge in [-0.05, 0) is 70.4 Å². The maximum atomic E-state index is 13.1. The van der Waals surface area contributed by atoms with Gasteiger partial charge in [0.15, 0.2) is 0 Å². The van der Waals surface area contributed by atoms with Gasteiger partial charge in [-0.25, -0.2) is 0 Å². The first-order chi connectivity index (χ1) is 13.6. The molecule has 1 aromatic heterocycles. The zero-order chi connectivity index (χ0) is 19.7. The maximum Gasteiger partial charge on any atom is 0.258 e. The molecule has 6 heteroatoms. The number of amides is 1. The lowest BCUT2D eigenvalue weighted by Crippen LogP contribution is -2.32. The quantitative estimate of drug-likeness (QED) is 0.614. The molecule has 0 radical (unpaired) electrons. The van der Waals surface area contributed by atoms with Crippen molar-refractivity contribution in [3.8, 4) is 5.75 Å². The molecule has 2 aromatic carbocycles. The molecule has 1 aliphatic heterocycles. The molecule has 1 atom stereocenters. The normalized spacial score (nSPS) is 15.5.